The van der Waals surface area contributed by atoms with Gasteiger partial charge in [-0.3, -0.25) is 4.79 Å². The monoisotopic (exact) mass is 356 g/mol. The lowest BCUT2D eigenvalue weighted by molar-refractivity contribution is 0.0909. The van der Waals surface area contributed by atoms with E-state index in [0.29, 0.717) is 10.6 Å². The molecule has 1 aromatic carbocycles. The van der Waals surface area contributed by atoms with Gasteiger partial charge in [-0.1, -0.05) is 17.7 Å². The number of benzene rings is 1. The van der Waals surface area contributed by atoms with Crippen LogP contribution in [0.2, 0.25) is 5.02 Å². The van der Waals surface area contributed by atoms with Gasteiger partial charge in [-0.05, 0) is 53.7 Å². The molecule has 20 heavy (non-hydrogen) atoms. The summed E-state index contributed by atoms with van der Waals surface area (Å²) >= 11 is 9.51. The van der Waals surface area contributed by atoms with E-state index in [-0.39, 0.29) is 11.9 Å². The molecule has 0 atom stereocenters. The lowest BCUT2D eigenvalue weighted by Crippen LogP contribution is -2.45. The number of halogens is 2. The molecule has 2 aliphatic rings. The molecule has 1 N–H and O–H groups in total. The molecule has 3 nitrogen and oxygen atoms in total. The molecular weight excluding hydrogens is 340 g/mol. The van der Waals surface area contributed by atoms with Crippen LogP contribution < -0.4 is 5.32 Å². The van der Waals surface area contributed by atoms with Gasteiger partial charge in [0.2, 0.25) is 0 Å². The zero-order valence-corrected chi connectivity index (χ0v) is 13.6. The molecule has 1 saturated heterocycles. The fourth-order valence-corrected chi connectivity index (χ4v) is 3.37. The summed E-state index contributed by atoms with van der Waals surface area (Å²) in [5, 5.41) is 3.60. The van der Waals surface area contributed by atoms with Crippen molar-refractivity contribution < 1.29 is 4.79 Å². The molecule has 3 rings (SSSR count). The first-order valence-corrected chi connectivity index (χ1v) is 8.31. The van der Waals surface area contributed by atoms with Crippen LogP contribution in [0.5, 0.6) is 0 Å². The minimum atomic E-state index is -0.0684. The number of carbonyl (C=O) groups excluding carboxylic acids is 1. The van der Waals surface area contributed by atoms with Gasteiger partial charge in [-0.2, -0.15) is 0 Å². The summed E-state index contributed by atoms with van der Waals surface area (Å²) in [6, 6.07) is 6.54. The van der Waals surface area contributed by atoms with E-state index < -0.39 is 0 Å². The summed E-state index contributed by atoms with van der Waals surface area (Å²) in [6.07, 6.45) is 4.77. The van der Waals surface area contributed by atoms with Crippen molar-refractivity contribution in [2.75, 3.05) is 13.1 Å². The Labute approximate surface area is 132 Å². The second kappa shape index (κ2) is 6.04. The zero-order valence-electron chi connectivity index (χ0n) is 11.2. The van der Waals surface area contributed by atoms with Crippen molar-refractivity contribution in [3.8, 4) is 0 Å². The van der Waals surface area contributed by atoms with E-state index in [1.165, 1.54) is 12.8 Å². The maximum Gasteiger partial charge on any atom is 0.253 e. The number of piperidine rings is 1. The van der Waals surface area contributed by atoms with E-state index in [4.69, 9.17) is 11.6 Å². The number of rotatable bonds is 3. The molecule has 5 heteroatoms. The van der Waals surface area contributed by atoms with E-state index in [0.717, 1.165) is 36.4 Å². The van der Waals surface area contributed by atoms with Crippen LogP contribution in [-0.4, -0.2) is 36.0 Å². The first-order chi connectivity index (χ1) is 9.65. The van der Waals surface area contributed by atoms with E-state index in [1.54, 1.807) is 6.07 Å². The van der Waals surface area contributed by atoms with Crippen molar-refractivity contribution in [1.82, 2.24) is 10.2 Å². The Kier molecular flexibility index (Phi) is 4.34. The smallest absolute Gasteiger partial charge is 0.253 e. The predicted molar refractivity (Wildman–Crippen MR) is 84.2 cm³/mol. The molecule has 1 aromatic rings. The van der Waals surface area contributed by atoms with Gasteiger partial charge in [-0.25, -0.2) is 0 Å². The second-order valence-electron chi connectivity index (χ2n) is 5.62. The second-order valence-corrected chi connectivity index (χ2v) is 6.85. The summed E-state index contributed by atoms with van der Waals surface area (Å²) in [4.78, 5) is 14.8. The Morgan fingerprint density at radius 3 is 2.60 bits per heavy atom. The van der Waals surface area contributed by atoms with Crippen molar-refractivity contribution in [2.24, 2.45) is 0 Å². The Hall–Kier alpha value is -0.580. The first-order valence-electron chi connectivity index (χ1n) is 7.14. The zero-order chi connectivity index (χ0) is 14.1. The van der Waals surface area contributed by atoms with Crippen LogP contribution in [0.15, 0.2) is 22.7 Å². The van der Waals surface area contributed by atoms with Crippen LogP contribution in [0.4, 0.5) is 0 Å². The van der Waals surface area contributed by atoms with Gasteiger partial charge < -0.3 is 10.2 Å². The maximum atomic E-state index is 12.3. The summed E-state index contributed by atoms with van der Waals surface area (Å²) in [7, 11) is 0. The van der Waals surface area contributed by atoms with Crippen LogP contribution in [-0.2, 0) is 0 Å². The van der Waals surface area contributed by atoms with Crippen LogP contribution in [0.3, 0.4) is 0 Å². The van der Waals surface area contributed by atoms with E-state index >= 15 is 0 Å². The molecule has 1 aliphatic heterocycles. The van der Waals surface area contributed by atoms with Crippen molar-refractivity contribution in [2.45, 2.75) is 37.8 Å². The Morgan fingerprint density at radius 1 is 1.25 bits per heavy atom. The third-order valence-corrected chi connectivity index (χ3v) is 5.42. The molecule has 0 bridgehead atoms. The standard InChI is InChI=1S/C15H18BrClN2O/c16-13-3-1-2-12(14(13)17)15(20)18-10-6-8-19(9-7-10)11-4-5-11/h1-3,10-11H,4-9H2,(H,18,20). The number of hydrogen-bond acceptors (Lipinski definition) is 2. The number of carbonyl (C=O) groups is 1. The number of amides is 1. The molecule has 1 amide bonds. The van der Waals surface area contributed by atoms with Crippen molar-refractivity contribution >= 4 is 33.4 Å². The minimum absolute atomic E-state index is 0.0684. The summed E-state index contributed by atoms with van der Waals surface area (Å²) in [6.45, 7) is 2.20. The number of likely N-dealkylation sites (tertiary alicyclic amines) is 1. The molecular formula is C15H18BrClN2O. The number of nitrogens with zero attached hydrogens (tertiary/aromatic N) is 1. The van der Waals surface area contributed by atoms with Gasteiger partial charge >= 0.3 is 0 Å². The minimum Gasteiger partial charge on any atom is -0.349 e. The molecule has 1 aliphatic carbocycles. The molecule has 1 saturated carbocycles. The summed E-state index contributed by atoms with van der Waals surface area (Å²) in [5.74, 6) is -0.0684. The van der Waals surface area contributed by atoms with Gasteiger partial charge in [0, 0.05) is 29.6 Å². The quantitative estimate of drug-likeness (QED) is 0.898. The highest BCUT2D eigenvalue weighted by molar-refractivity contribution is 9.10. The number of nitrogens with one attached hydrogen (secondary N) is 1. The number of hydrogen-bond donors (Lipinski definition) is 1. The van der Waals surface area contributed by atoms with Crippen LogP contribution >= 0.6 is 27.5 Å². The van der Waals surface area contributed by atoms with Crippen molar-refractivity contribution in [3.63, 3.8) is 0 Å². The van der Waals surface area contributed by atoms with Gasteiger partial charge in [0.15, 0.2) is 0 Å². The van der Waals surface area contributed by atoms with Crippen LogP contribution in [0, 0.1) is 0 Å². The van der Waals surface area contributed by atoms with E-state index in [9.17, 15) is 4.79 Å². The first kappa shape index (κ1) is 14.4. The summed E-state index contributed by atoms with van der Waals surface area (Å²) < 4.78 is 0.760. The third-order valence-electron chi connectivity index (χ3n) is 4.12. The van der Waals surface area contributed by atoms with Crippen molar-refractivity contribution in [1.29, 1.82) is 0 Å². The molecule has 0 spiro atoms. The Bertz CT molecular complexity index is 511. The summed E-state index contributed by atoms with van der Waals surface area (Å²) in [5.41, 5.74) is 0.547. The van der Waals surface area contributed by atoms with Gasteiger partial charge in [0.1, 0.15) is 0 Å². The van der Waals surface area contributed by atoms with E-state index in [1.807, 2.05) is 12.1 Å². The van der Waals surface area contributed by atoms with Gasteiger partial charge in [0.05, 0.1) is 10.6 Å². The van der Waals surface area contributed by atoms with Gasteiger partial charge in [-0.15, -0.1) is 0 Å². The Morgan fingerprint density at radius 2 is 1.95 bits per heavy atom. The fraction of sp³-hybridized carbons (Fsp3) is 0.533. The van der Waals surface area contributed by atoms with Crippen LogP contribution in [0.1, 0.15) is 36.0 Å². The van der Waals surface area contributed by atoms with Crippen LogP contribution in [0.25, 0.3) is 0 Å². The largest absolute Gasteiger partial charge is 0.349 e. The predicted octanol–water partition coefficient (Wildman–Crippen LogP) is 3.46. The third kappa shape index (κ3) is 3.18. The highest BCUT2D eigenvalue weighted by atomic mass is 79.9. The Balaban J connectivity index is 1.57. The molecule has 108 valence electrons. The lowest BCUT2D eigenvalue weighted by atomic mass is 10.0. The highest BCUT2D eigenvalue weighted by Gasteiger charge is 2.32. The molecule has 0 aromatic heterocycles. The van der Waals surface area contributed by atoms with E-state index in [2.05, 4.69) is 26.1 Å². The van der Waals surface area contributed by atoms with Gasteiger partial charge in [0.25, 0.3) is 5.91 Å². The molecule has 0 radical (unpaired) electrons. The normalized spacial score (nSPS) is 20.9. The lowest BCUT2D eigenvalue weighted by Gasteiger charge is -2.32. The highest BCUT2D eigenvalue weighted by Crippen LogP contribution is 2.30. The average molecular weight is 358 g/mol. The van der Waals surface area contributed by atoms with Crippen molar-refractivity contribution in [3.05, 3.63) is 33.3 Å². The topological polar surface area (TPSA) is 32.3 Å². The molecule has 2 fully saturated rings. The molecule has 0 unspecified atom stereocenters. The SMILES string of the molecule is O=C(NC1CCN(C2CC2)CC1)c1cccc(Br)c1Cl. The fourth-order valence-electron chi connectivity index (χ4n) is 2.79. The average Bonchev–Trinajstić information content (AvgIpc) is 3.27. The molecule has 1 heterocycles. The maximum absolute atomic E-state index is 12.3.